The number of hydrogen-bond donors (Lipinski definition) is 0. The van der Waals surface area contributed by atoms with Crippen LogP contribution in [0.4, 0.5) is 0 Å². The molecule has 2 aromatic carbocycles. The van der Waals surface area contributed by atoms with E-state index in [1.807, 2.05) is 32.3 Å². The van der Waals surface area contributed by atoms with E-state index in [4.69, 9.17) is 9.47 Å². The van der Waals surface area contributed by atoms with Crippen LogP contribution in [0.25, 0.3) is 0 Å². The summed E-state index contributed by atoms with van der Waals surface area (Å²) < 4.78 is 13.3. The van der Waals surface area contributed by atoms with Gasteiger partial charge >= 0.3 is 0 Å². The van der Waals surface area contributed by atoms with Crippen LogP contribution in [-0.2, 0) is 6.54 Å². The Morgan fingerprint density at radius 3 is 2.56 bits per heavy atom. The van der Waals surface area contributed by atoms with Gasteiger partial charge in [-0.25, -0.2) is 0 Å². The molecule has 2 heterocycles. The Kier molecular flexibility index (Phi) is 7.12. The van der Waals surface area contributed by atoms with Crippen molar-refractivity contribution in [2.75, 3.05) is 33.1 Å². The van der Waals surface area contributed by atoms with Crippen molar-refractivity contribution in [2.45, 2.75) is 31.1 Å². The smallest absolute Gasteiger partial charge is 0.192 e. The van der Waals surface area contributed by atoms with Crippen LogP contribution in [-0.4, -0.2) is 58.5 Å². The van der Waals surface area contributed by atoms with Gasteiger partial charge in [0.05, 0.1) is 18.3 Å². The molecule has 0 saturated heterocycles. The number of rotatable bonds is 9. The van der Waals surface area contributed by atoms with Crippen LogP contribution in [0.15, 0.2) is 53.7 Å². The van der Waals surface area contributed by atoms with Crippen molar-refractivity contribution >= 4 is 17.5 Å². The minimum absolute atomic E-state index is 0.0161. The standard InChI is InChI=1S/C24H28N4O3S/c1-4-19(27(2)3)23-25-26-24(28(23)15-17-8-6-5-7-9-17)32-16-20(29)18-10-11-21-22(14-18)31-13-12-30-21/h5-11,14,19H,4,12-13,15-16H2,1-3H3/t19-/m0/s1. The van der Waals surface area contributed by atoms with Crippen molar-refractivity contribution in [2.24, 2.45) is 0 Å². The number of Topliss-reactive ketones (excluding diaryl/α,β-unsaturated/α-hetero) is 1. The molecule has 4 rings (SSSR count). The number of benzene rings is 2. The van der Waals surface area contributed by atoms with E-state index in [9.17, 15) is 4.79 Å². The van der Waals surface area contributed by atoms with E-state index in [0.29, 0.717) is 36.8 Å². The van der Waals surface area contributed by atoms with E-state index in [1.54, 1.807) is 18.2 Å². The van der Waals surface area contributed by atoms with Crippen molar-refractivity contribution < 1.29 is 14.3 Å². The number of ether oxygens (including phenoxy) is 2. The van der Waals surface area contributed by atoms with Crippen molar-refractivity contribution in [3.8, 4) is 11.5 Å². The summed E-state index contributed by atoms with van der Waals surface area (Å²) in [5.74, 6) is 2.50. The van der Waals surface area contributed by atoms with Crippen LogP contribution < -0.4 is 9.47 Å². The van der Waals surface area contributed by atoms with Crippen LogP contribution in [0, 0.1) is 0 Å². The van der Waals surface area contributed by atoms with E-state index in [1.165, 1.54) is 17.3 Å². The summed E-state index contributed by atoms with van der Waals surface area (Å²) in [6.07, 6.45) is 0.917. The number of carbonyl (C=O) groups is 1. The van der Waals surface area contributed by atoms with Gasteiger partial charge in [-0.2, -0.15) is 0 Å². The summed E-state index contributed by atoms with van der Waals surface area (Å²) in [5, 5.41) is 9.71. The molecule has 1 atom stereocenters. The van der Waals surface area contributed by atoms with Crippen LogP contribution in [0.5, 0.6) is 11.5 Å². The highest BCUT2D eigenvalue weighted by Crippen LogP contribution is 2.32. The molecule has 8 heteroatoms. The zero-order chi connectivity index (χ0) is 22.5. The molecule has 0 fully saturated rings. The molecule has 0 N–H and O–H groups in total. The first-order valence-electron chi connectivity index (χ1n) is 10.8. The van der Waals surface area contributed by atoms with Gasteiger partial charge in [-0.3, -0.25) is 9.69 Å². The summed E-state index contributed by atoms with van der Waals surface area (Å²) in [7, 11) is 4.10. The first kappa shape index (κ1) is 22.4. The maximum absolute atomic E-state index is 12.9. The molecule has 0 amide bonds. The first-order chi connectivity index (χ1) is 15.6. The highest BCUT2D eigenvalue weighted by atomic mass is 32.2. The van der Waals surface area contributed by atoms with Gasteiger partial charge in [0.25, 0.3) is 0 Å². The summed E-state index contributed by atoms with van der Waals surface area (Å²) in [6.45, 7) is 3.83. The quantitative estimate of drug-likeness (QED) is 0.358. The minimum Gasteiger partial charge on any atom is -0.486 e. The molecule has 1 aliphatic rings. The van der Waals surface area contributed by atoms with Crippen molar-refractivity contribution in [1.82, 2.24) is 19.7 Å². The molecule has 0 spiro atoms. The lowest BCUT2D eigenvalue weighted by Gasteiger charge is -2.23. The Bertz CT molecular complexity index is 1070. The Morgan fingerprint density at radius 1 is 1.09 bits per heavy atom. The van der Waals surface area contributed by atoms with Crippen LogP contribution in [0.3, 0.4) is 0 Å². The second kappa shape index (κ2) is 10.2. The second-order valence-corrected chi connectivity index (χ2v) is 8.81. The molecular formula is C24H28N4O3S. The third-order valence-corrected chi connectivity index (χ3v) is 6.40. The Labute approximate surface area is 192 Å². The average molecular weight is 453 g/mol. The predicted octanol–water partition coefficient (Wildman–Crippen LogP) is 4.09. The van der Waals surface area contributed by atoms with Gasteiger partial charge in [0.1, 0.15) is 13.2 Å². The highest BCUT2D eigenvalue weighted by Gasteiger charge is 2.23. The van der Waals surface area contributed by atoms with Crippen LogP contribution >= 0.6 is 11.8 Å². The van der Waals surface area contributed by atoms with Crippen molar-refractivity contribution in [3.05, 3.63) is 65.5 Å². The van der Waals surface area contributed by atoms with Crippen molar-refractivity contribution in [1.29, 1.82) is 0 Å². The van der Waals surface area contributed by atoms with Crippen LogP contribution in [0.1, 0.15) is 41.1 Å². The van der Waals surface area contributed by atoms with Gasteiger partial charge in [-0.15, -0.1) is 10.2 Å². The van der Waals surface area contributed by atoms with Gasteiger partial charge in [0.2, 0.25) is 0 Å². The molecular weight excluding hydrogens is 424 g/mol. The molecule has 0 bridgehead atoms. The topological polar surface area (TPSA) is 69.5 Å². The fourth-order valence-electron chi connectivity index (χ4n) is 3.78. The number of aromatic nitrogens is 3. The van der Waals surface area contributed by atoms with E-state index in [2.05, 4.69) is 38.7 Å². The van der Waals surface area contributed by atoms with E-state index >= 15 is 0 Å². The molecule has 1 aliphatic heterocycles. The lowest BCUT2D eigenvalue weighted by molar-refractivity contribution is 0.102. The number of carbonyl (C=O) groups excluding carboxylic acids is 1. The maximum atomic E-state index is 12.9. The number of nitrogens with zero attached hydrogens (tertiary/aromatic N) is 4. The monoisotopic (exact) mass is 452 g/mol. The normalized spacial score (nSPS) is 13.9. The molecule has 0 aliphatic carbocycles. The predicted molar refractivity (Wildman–Crippen MR) is 125 cm³/mol. The third-order valence-electron chi connectivity index (χ3n) is 5.43. The average Bonchev–Trinajstić information content (AvgIpc) is 3.20. The minimum atomic E-state index is 0.0161. The fourth-order valence-corrected chi connectivity index (χ4v) is 4.62. The summed E-state index contributed by atoms with van der Waals surface area (Å²) in [6, 6.07) is 15.7. The largest absolute Gasteiger partial charge is 0.486 e. The van der Waals surface area contributed by atoms with Gasteiger partial charge in [-0.1, -0.05) is 49.0 Å². The van der Waals surface area contributed by atoms with Gasteiger partial charge in [-0.05, 0) is 44.3 Å². The Hall–Kier alpha value is -2.84. The van der Waals surface area contributed by atoms with E-state index in [0.717, 1.165) is 17.4 Å². The zero-order valence-corrected chi connectivity index (χ0v) is 19.5. The molecule has 3 aromatic rings. The van der Waals surface area contributed by atoms with E-state index in [-0.39, 0.29) is 17.6 Å². The van der Waals surface area contributed by atoms with Gasteiger partial charge in [0.15, 0.2) is 28.3 Å². The third kappa shape index (κ3) is 4.97. The highest BCUT2D eigenvalue weighted by molar-refractivity contribution is 7.99. The van der Waals surface area contributed by atoms with Crippen LogP contribution in [0.2, 0.25) is 0 Å². The first-order valence-corrected chi connectivity index (χ1v) is 11.7. The van der Waals surface area contributed by atoms with Gasteiger partial charge < -0.3 is 14.0 Å². The van der Waals surface area contributed by atoms with Gasteiger partial charge in [0, 0.05) is 5.56 Å². The van der Waals surface area contributed by atoms with Crippen molar-refractivity contribution in [3.63, 3.8) is 0 Å². The SMILES string of the molecule is CC[C@@H](c1nnc(SCC(=O)c2ccc3c(c2)OCCO3)n1Cc1ccccc1)N(C)C. The summed E-state index contributed by atoms with van der Waals surface area (Å²) in [5.41, 5.74) is 1.78. The molecule has 1 aromatic heterocycles. The number of fused-ring (bicyclic) bond motifs is 1. The summed E-state index contributed by atoms with van der Waals surface area (Å²) >= 11 is 1.42. The maximum Gasteiger partial charge on any atom is 0.192 e. The number of ketones is 1. The lowest BCUT2D eigenvalue weighted by Crippen LogP contribution is -2.23. The fraction of sp³-hybridized carbons (Fsp3) is 0.375. The molecule has 0 unspecified atom stereocenters. The molecule has 32 heavy (non-hydrogen) atoms. The summed E-state index contributed by atoms with van der Waals surface area (Å²) in [4.78, 5) is 15.0. The Morgan fingerprint density at radius 2 is 1.84 bits per heavy atom. The Balaban J connectivity index is 1.55. The molecule has 168 valence electrons. The molecule has 7 nitrogen and oxygen atoms in total. The lowest BCUT2D eigenvalue weighted by atomic mass is 10.1. The number of hydrogen-bond acceptors (Lipinski definition) is 7. The second-order valence-electron chi connectivity index (χ2n) is 7.87. The zero-order valence-electron chi connectivity index (χ0n) is 18.7. The molecule has 0 radical (unpaired) electrons. The molecule has 0 saturated carbocycles. The van der Waals surface area contributed by atoms with E-state index < -0.39 is 0 Å². The number of thioether (sulfide) groups is 1.